The van der Waals surface area contributed by atoms with E-state index in [1.54, 1.807) is 6.92 Å². The Morgan fingerprint density at radius 1 is 1.54 bits per heavy atom. The van der Waals surface area contributed by atoms with Crippen molar-refractivity contribution < 1.29 is 14.4 Å². The topological polar surface area (TPSA) is 75.3 Å². The van der Waals surface area contributed by atoms with Crippen LogP contribution >= 0.6 is 11.8 Å². The SMILES string of the molecule is CC(=O)SCC1(C)NC(=O)NC1=O. The molecule has 1 atom stereocenters. The summed E-state index contributed by atoms with van der Waals surface area (Å²) in [5.41, 5.74) is -0.951. The Morgan fingerprint density at radius 2 is 2.15 bits per heavy atom. The molecule has 72 valence electrons. The second-order valence-corrected chi connectivity index (χ2v) is 4.17. The van der Waals surface area contributed by atoms with Crippen LogP contribution in [0.3, 0.4) is 0 Å². The van der Waals surface area contributed by atoms with Crippen LogP contribution < -0.4 is 10.6 Å². The van der Waals surface area contributed by atoms with Crippen LogP contribution in [0.2, 0.25) is 0 Å². The Labute approximate surface area is 79.6 Å². The Morgan fingerprint density at radius 3 is 2.54 bits per heavy atom. The zero-order valence-corrected chi connectivity index (χ0v) is 8.16. The summed E-state index contributed by atoms with van der Waals surface area (Å²) in [6.45, 7) is 3.01. The Bertz CT molecular complexity index is 279. The van der Waals surface area contributed by atoms with Gasteiger partial charge >= 0.3 is 6.03 Å². The third-order valence-corrected chi connectivity index (χ3v) is 2.81. The summed E-state index contributed by atoms with van der Waals surface area (Å²) in [5, 5.41) is 4.51. The average Bonchev–Trinajstić information content (AvgIpc) is 2.23. The van der Waals surface area contributed by atoms with Gasteiger partial charge in [-0.3, -0.25) is 14.9 Å². The molecule has 0 saturated carbocycles. The lowest BCUT2D eigenvalue weighted by atomic mass is 10.1. The minimum absolute atomic E-state index is 0.0739. The molecule has 1 saturated heterocycles. The van der Waals surface area contributed by atoms with Crippen molar-refractivity contribution in [3.05, 3.63) is 0 Å². The molecule has 3 amide bonds. The average molecular weight is 202 g/mol. The molecule has 0 aliphatic carbocycles. The van der Waals surface area contributed by atoms with Gasteiger partial charge in [-0.1, -0.05) is 11.8 Å². The maximum atomic E-state index is 11.2. The van der Waals surface area contributed by atoms with Crippen molar-refractivity contribution in [1.29, 1.82) is 0 Å². The molecule has 1 aliphatic heterocycles. The van der Waals surface area contributed by atoms with Crippen molar-refractivity contribution in [2.75, 3.05) is 5.75 Å². The van der Waals surface area contributed by atoms with Gasteiger partial charge in [-0.25, -0.2) is 4.79 Å². The minimum Gasteiger partial charge on any atom is -0.323 e. The predicted molar refractivity (Wildman–Crippen MR) is 48.2 cm³/mol. The molecule has 0 aromatic heterocycles. The fourth-order valence-electron chi connectivity index (χ4n) is 0.927. The summed E-state index contributed by atoms with van der Waals surface area (Å²) in [4.78, 5) is 32.6. The van der Waals surface area contributed by atoms with Crippen molar-refractivity contribution in [1.82, 2.24) is 10.6 Å². The normalized spacial score (nSPS) is 26.9. The van der Waals surface area contributed by atoms with E-state index in [0.717, 1.165) is 11.8 Å². The van der Waals surface area contributed by atoms with E-state index in [9.17, 15) is 14.4 Å². The number of rotatable bonds is 2. The summed E-state index contributed by atoms with van der Waals surface area (Å²) < 4.78 is 0. The fraction of sp³-hybridized carbons (Fsp3) is 0.571. The van der Waals surface area contributed by atoms with Gasteiger partial charge < -0.3 is 5.32 Å². The van der Waals surface area contributed by atoms with Gasteiger partial charge in [-0.2, -0.15) is 0 Å². The molecule has 0 aromatic rings. The number of amides is 3. The lowest BCUT2D eigenvalue weighted by molar-refractivity contribution is -0.122. The monoisotopic (exact) mass is 202 g/mol. The van der Waals surface area contributed by atoms with Gasteiger partial charge in [0.25, 0.3) is 5.91 Å². The molecule has 0 radical (unpaired) electrons. The van der Waals surface area contributed by atoms with Crippen molar-refractivity contribution >= 4 is 28.8 Å². The molecule has 6 heteroatoms. The zero-order valence-electron chi connectivity index (χ0n) is 7.34. The van der Waals surface area contributed by atoms with E-state index in [1.165, 1.54) is 6.92 Å². The van der Waals surface area contributed by atoms with E-state index in [0.29, 0.717) is 0 Å². The maximum absolute atomic E-state index is 11.2. The minimum atomic E-state index is -0.951. The second kappa shape index (κ2) is 3.37. The summed E-state index contributed by atoms with van der Waals surface area (Å²) in [5.74, 6) is -0.119. The molecule has 1 aliphatic rings. The predicted octanol–water partition coefficient (Wildman–Crippen LogP) is -0.136. The van der Waals surface area contributed by atoms with E-state index >= 15 is 0 Å². The van der Waals surface area contributed by atoms with Crippen molar-refractivity contribution in [3.8, 4) is 0 Å². The lowest BCUT2D eigenvalue weighted by Gasteiger charge is -2.18. The highest BCUT2D eigenvalue weighted by atomic mass is 32.2. The van der Waals surface area contributed by atoms with Gasteiger partial charge in [0.05, 0.1) is 0 Å². The molecule has 5 nitrogen and oxygen atoms in total. The molecular formula is C7H10N2O3S. The van der Waals surface area contributed by atoms with Crippen LogP contribution in [0, 0.1) is 0 Å². The van der Waals surface area contributed by atoms with Gasteiger partial charge in [-0.15, -0.1) is 0 Å². The van der Waals surface area contributed by atoms with Crippen LogP contribution in [0.25, 0.3) is 0 Å². The van der Waals surface area contributed by atoms with Crippen LogP contribution in [0.5, 0.6) is 0 Å². The molecule has 1 fully saturated rings. The maximum Gasteiger partial charge on any atom is 0.322 e. The van der Waals surface area contributed by atoms with Gasteiger partial charge in [0, 0.05) is 12.7 Å². The van der Waals surface area contributed by atoms with Crippen LogP contribution in [0.1, 0.15) is 13.8 Å². The number of urea groups is 1. The fourth-order valence-corrected chi connectivity index (χ4v) is 1.62. The van der Waals surface area contributed by atoms with Crippen LogP contribution in [0.4, 0.5) is 4.79 Å². The van der Waals surface area contributed by atoms with Crippen LogP contribution in [0.15, 0.2) is 0 Å². The number of carbonyl (C=O) groups excluding carboxylic acids is 3. The highest BCUT2D eigenvalue weighted by Crippen LogP contribution is 2.17. The first-order valence-electron chi connectivity index (χ1n) is 3.71. The molecular weight excluding hydrogens is 192 g/mol. The zero-order chi connectivity index (χ0) is 10.1. The molecule has 0 spiro atoms. The second-order valence-electron chi connectivity index (χ2n) is 3.02. The molecule has 1 heterocycles. The molecule has 13 heavy (non-hydrogen) atoms. The third kappa shape index (κ3) is 2.21. The molecule has 0 bridgehead atoms. The Hall–Kier alpha value is -1.04. The van der Waals surface area contributed by atoms with E-state index in [-0.39, 0.29) is 16.8 Å². The van der Waals surface area contributed by atoms with Gasteiger partial charge in [0.15, 0.2) is 5.12 Å². The first-order chi connectivity index (χ1) is 5.94. The number of hydrogen-bond acceptors (Lipinski definition) is 4. The van der Waals surface area contributed by atoms with Crippen molar-refractivity contribution in [3.63, 3.8) is 0 Å². The largest absolute Gasteiger partial charge is 0.323 e. The van der Waals surface area contributed by atoms with Crippen molar-refractivity contribution in [2.24, 2.45) is 0 Å². The molecule has 2 N–H and O–H groups in total. The van der Waals surface area contributed by atoms with Crippen LogP contribution in [-0.2, 0) is 9.59 Å². The number of thioether (sulfide) groups is 1. The van der Waals surface area contributed by atoms with Crippen molar-refractivity contribution in [2.45, 2.75) is 19.4 Å². The summed E-state index contributed by atoms with van der Waals surface area (Å²) in [7, 11) is 0. The van der Waals surface area contributed by atoms with Crippen LogP contribution in [-0.4, -0.2) is 28.3 Å². The highest BCUT2D eigenvalue weighted by Gasteiger charge is 2.41. The number of hydrogen-bond donors (Lipinski definition) is 2. The number of imide groups is 1. The van der Waals surface area contributed by atoms with E-state index in [1.807, 2.05) is 0 Å². The van der Waals surface area contributed by atoms with Gasteiger partial charge in [-0.05, 0) is 6.92 Å². The lowest BCUT2D eigenvalue weighted by Crippen LogP contribution is -2.46. The Balaban J connectivity index is 2.60. The smallest absolute Gasteiger partial charge is 0.322 e. The molecule has 0 aromatic carbocycles. The standard InChI is InChI=1S/C7H10N2O3S/c1-4(10)13-3-7(2)5(11)8-6(12)9-7/h3H2,1-2H3,(H2,8,9,11,12). The van der Waals surface area contributed by atoms with E-state index in [4.69, 9.17) is 0 Å². The van der Waals surface area contributed by atoms with E-state index < -0.39 is 11.6 Å². The first-order valence-corrected chi connectivity index (χ1v) is 4.69. The van der Waals surface area contributed by atoms with Gasteiger partial charge in [0.2, 0.25) is 0 Å². The van der Waals surface area contributed by atoms with E-state index in [2.05, 4.69) is 10.6 Å². The summed E-state index contributed by atoms with van der Waals surface area (Å²) in [6, 6.07) is -0.503. The quantitative estimate of drug-likeness (QED) is 0.611. The van der Waals surface area contributed by atoms with Gasteiger partial charge in [0.1, 0.15) is 5.54 Å². The molecule has 1 rings (SSSR count). The molecule has 1 unspecified atom stereocenters. The first kappa shape index (κ1) is 10.0. The summed E-state index contributed by atoms with van der Waals surface area (Å²) >= 11 is 1.02. The number of nitrogens with one attached hydrogen (secondary N) is 2. The summed E-state index contributed by atoms with van der Waals surface area (Å²) in [6.07, 6.45) is 0. The Kier molecular flexibility index (Phi) is 2.60. The third-order valence-electron chi connectivity index (χ3n) is 1.68. The number of carbonyl (C=O) groups is 3. The highest BCUT2D eigenvalue weighted by molar-refractivity contribution is 8.13.